The van der Waals surface area contributed by atoms with Crippen LogP contribution >= 0.6 is 0 Å². The minimum Gasteiger partial charge on any atom is -0.382 e. The summed E-state index contributed by atoms with van der Waals surface area (Å²) < 4.78 is 0. The van der Waals surface area contributed by atoms with Gasteiger partial charge in [-0.05, 0) is 50.6 Å². The van der Waals surface area contributed by atoms with E-state index in [1.165, 1.54) is 0 Å². The molecule has 5 nitrogen and oxygen atoms in total. The summed E-state index contributed by atoms with van der Waals surface area (Å²) in [7, 11) is 0. The van der Waals surface area contributed by atoms with E-state index in [0.717, 1.165) is 38.0 Å². The minimum absolute atomic E-state index is 0.300. The molecule has 0 aliphatic carbocycles. The Kier molecular flexibility index (Phi) is 3.21. The van der Waals surface area contributed by atoms with Gasteiger partial charge < -0.3 is 10.6 Å². The average molecular weight is 259 g/mol. The molecule has 5 heteroatoms. The second-order valence-corrected chi connectivity index (χ2v) is 5.07. The molecule has 2 aliphatic rings. The number of carbonyl (C=O) groups is 2. The van der Waals surface area contributed by atoms with E-state index in [2.05, 4.69) is 16.0 Å². The van der Waals surface area contributed by atoms with Crippen molar-refractivity contribution in [1.29, 1.82) is 0 Å². The molecule has 0 radical (unpaired) electrons. The molecular formula is C14H17N3O2. The highest BCUT2D eigenvalue weighted by Crippen LogP contribution is 2.22. The number of fused-ring (bicyclic) bond motifs is 1. The number of hydrogen-bond acceptors (Lipinski definition) is 4. The van der Waals surface area contributed by atoms with Crippen LogP contribution in [0.2, 0.25) is 0 Å². The van der Waals surface area contributed by atoms with Crippen molar-refractivity contribution in [2.45, 2.75) is 25.3 Å². The Hall–Kier alpha value is -1.88. The van der Waals surface area contributed by atoms with Crippen LogP contribution in [0.15, 0.2) is 18.2 Å². The van der Waals surface area contributed by atoms with Gasteiger partial charge in [0, 0.05) is 11.7 Å². The fraction of sp³-hybridized carbons (Fsp3) is 0.429. The van der Waals surface area contributed by atoms with Crippen LogP contribution in [0.25, 0.3) is 0 Å². The molecule has 0 spiro atoms. The second-order valence-electron chi connectivity index (χ2n) is 5.07. The van der Waals surface area contributed by atoms with Crippen LogP contribution in [0.1, 0.15) is 40.0 Å². The zero-order valence-electron chi connectivity index (χ0n) is 10.7. The minimum atomic E-state index is -0.301. The quantitative estimate of drug-likeness (QED) is 0.696. The predicted molar refractivity (Wildman–Crippen MR) is 72.4 cm³/mol. The van der Waals surface area contributed by atoms with Crippen molar-refractivity contribution in [3.63, 3.8) is 0 Å². The number of amides is 2. The molecule has 1 aromatic rings. The monoisotopic (exact) mass is 259 g/mol. The van der Waals surface area contributed by atoms with Crippen molar-refractivity contribution in [2.75, 3.05) is 18.4 Å². The molecule has 2 aliphatic heterocycles. The normalized spacial score (nSPS) is 22.6. The average Bonchev–Trinajstić information content (AvgIpc) is 2.60. The molecule has 0 saturated carbocycles. The first-order valence-electron chi connectivity index (χ1n) is 6.71. The Morgan fingerprint density at radius 3 is 2.79 bits per heavy atom. The third kappa shape index (κ3) is 2.46. The molecule has 1 unspecified atom stereocenters. The van der Waals surface area contributed by atoms with Gasteiger partial charge in [0.1, 0.15) is 0 Å². The predicted octanol–water partition coefficient (Wildman–Crippen LogP) is 1.12. The highest BCUT2D eigenvalue weighted by molar-refractivity contribution is 6.21. The number of carbonyl (C=O) groups excluding carboxylic acids is 2. The lowest BCUT2D eigenvalue weighted by molar-refractivity contribution is 0.0879. The summed E-state index contributed by atoms with van der Waals surface area (Å²) in [5.74, 6) is -0.601. The fourth-order valence-electron chi connectivity index (χ4n) is 2.66. The highest BCUT2D eigenvalue weighted by Gasteiger charge is 2.26. The molecule has 2 amide bonds. The summed E-state index contributed by atoms with van der Waals surface area (Å²) >= 11 is 0. The number of imide groups is 1. The van der Waals surface area contributed by atoms with Crippen molar-refractivity contribution >= 4 is 17.5 Å². The highest BCUT2D eigenvalue weighted by atomic mass is 16.2. The van der Waals surface area contributed by atoms with Crippen LogP contribution in [0.5, 0.6) is 0 Å². The van der Waals surface area contributed by atoms with E-state index < -0.39 is 0 Å². The number of benzene rings is 1. The summed E-state index contributed by atoms with van der Waals surface area (Å²) in [4.78, 5) is 23.1. The third-order valence-corrected chi connectivity index (χ3v) is 3.68. The zero-order chi connectivity index (χ0) is 13.2. The van der Waals surface area contributed by atoms with Gasteiger partial charge in [0.15, 0.2) is 0 Å². The first kappa shape index (κ1) is 12.2. The molecule has 0 aromatic heterocycles. The van der Waals surface area contributed by atoms with E-state index >= 15 is 0 Å². The summed E-state index contributed by atoms with van der Waals surface area (Å²) in [5, 5.41) is 9.13. The van der Waals surface area contributed by atoms with Gasteiger partial charge in [-0.25, -0.2) is 0 Å². The van der Waals surface area contributed by atoms with Gasteiger partial charge in [-0.1, -0.05) is 0 Å². The second kappa shape index (κ2) is 5.01. The van der Waals surface area contributed by atoms with Gasteiger partial charge in [-0.2, -0.15) is 0 Å². The van der Waals surface area contributed by atoms with Gasteiger partial charge >= 0.3 is 0 Å². The van der Waals surface area contributed by atoms with E-state index in [0.29, 0.717) is 17.2 Å². The molecule has 100 valence electrons. The molecule has 0 bridgehead atoms. The van der Waals surface area contributed by atoms with Crippen LogP contribution in [-0.2, 0) is 0 Å². The molecule has 2 heterocycles. The van der Waals surface area contributed by atoms with E-state index in [4.69, 9.17) is 0 Å². The van der Waals surface area contributed by atoms with Gasteiger partial charge in [0.2, 0.25) is 0 Å². The Morgan fingerprint density at radius 2 is 1.89 bits per heavy atom. The lowest BCUT2D eigenvalue weighted by Crippen LogP contribution is -2.21. The van der Waals surface area contributed by atoms with Crippen molar-refractivity contribution in [3.05, 3.63) is 29.3 Å². The maximum absolute atomic E-state index is 11.6. The van der Waals surface area contributed by atoms with E-state index in [1.807, 2.05) is 6.07 Å². The maximum Gasteiger partial charge on any atom is 0.259 e. The molecule has 3 N–H and O–H groups in total. The van der Waals surface area contributed by atoms with Gasteiger partial charge in [-0.3, -0.25) is 14.9 Å². The maximum atomic E-state index is 11.6. The van der Waals surface area contributed by atoms with Crippen molar-refractivity contribution in [3.8, 4) is 0 Å². The van der Waals surface area contributed by atoms with Gasteiger partial charge in [0.05, 0.1) is 11.1 Å². The van der Waals surface area contributed by atoms with E-state index in [9.17, 15) is 9.59 Å². The number of rotatable bonds is 2. The first-order chi connectivity index (χ1) is 9.24. The van der Waals surface area contributed by atoms with E-state index in [1.54, 1.807) is 12.1 Å². The standard InChI is InChI=1S/C14H17N3O2/c18-13-11-4-3-10(8-12(11)14(19)17-13)16-9-2-1-6-15-7-5-9/h3-4,8-9,15-16H,1-2,5-7H2,(H,17,18,19). The summed E-state index contributed by atoms with van der Waals surface area (Å²) in [6.07, 6.45) is 3.35. The smallest absolute Gasteiger partial charge is 0.259 e. The number of nitrogens with one attached hydrogen (secondary N) is 3. The Morgan fingerprint density at radius 1 is 1.05 bits per heavy atom. The molecule has 1 atom stereocenters. The summed E-state index contributed by atoms with van der Waals surface area (Å²) in [6.45, 7) is 2.08. The van der Waals surface area contributed by atoms with Crippen LogP contribution in [0, 0.1) is 0 Å². The molecular weight excluding hydrogens is 242 g/mol. The van der Waals surface area contributed by atoms with Crippen LogP contribution in [0.3, 0.4) is 0 Å². The van der Waals surface area contributed by atoms with Crippen LogP contribution in [-0.4, -0.2) is 30.9 Å². The third-order valence-electron chi connectivity index (χ3n) is 3.68. The molecule has 3 rings (SSSR count). The largest absolute Gasteiger partial charge is 0.382 e. The number of hydrogen-bond donors (Lipinski definition) is 3. The Bertz CT molecular complexity index is 519. The Labute approximate surface area is 111 Å². The lowest BCUT2D eigenvalue weighted by Gasteiger charge is -2.17. The topological polar surface area (TPSA) is 70.2 Å². The van der Waals surface area contributed by atoms with Gasteiger partial charge in [0.25, 0.3) is 11.8 Å². The van der Waals surface area contributed by atoms with E-state index in [-0.39, 0.29) is 11.8 Å². The van der Waals surface area contributed by atoms with Crippen LogP contribution < -0.4 is 16.0 Å². The molecule has 1 aromatic carbocycles. The zero-order valence-corrected chi connectivity index (χ0v) is 10.7. The van der Waals surface area contributed by atoms with Crippen LogP contribution in [0.4, 0.5) is 5.69 Å². The Balaban J connectivity index is 1.77. The van der Waals surface area contributed by atoms with Crippen molar-refractivity contribution in [2.24, 2.45) is 0 Å². The van der Waals surface area contributed by atoms with Crippen molar-refractivity contribution < 1.29 is 9.59 Å². The molecule has 19 heavy (non-hydrogen) atoms. The summed E-state index contributed by atoms with van der Waals surface area (Å²) in [5.41, 5.74) is 1.86. The van der Waals surface area contributed by atoms with Crippen molar-refractivity contribution in [1.82, 2.24) is 10.6 Å². The summed E-state index contributed by atoms with van der Waals surface area (Å²) in [6, 6.07) is 5.78. The van der Waals surface area contributed by atoms with Gasteiger partial charge in [-0.15, -0.1) is 0 Å². The molecule has 1 saturated heterocycles. The molecule has 1 fully saturated rings. The lowest BCUT2D eigenvalue weighted by atomic mass is 10.1. The first-order valence-corrected chi connectivity index (χ1v) is 6.71. The fourth-order valence-corrected chi connectivity index (χ4v) is 2.66. The number of anilines is 1. The SMILES string of the molecule is O=C1NC(=O)c2cc(NC3CCCNCC3)ccc21.